The van der Waals surface area contributed by atoms with Gasteiger partial charge in [0.05, 0.1) is 16.9 Å². The number of nitrogens with zero attached hydrogens (tertiary/aromatic N) is 2. The molecule has 0 aliphatic heterocycles. The number of rotatable bonds is 4. The fraction of sp³-hybridized carbons (Fsp3) is 0.167. The summed E-state index contributed by atoms with van der Waals surface area (Å²) in [6, 6.07) is 14.3. The van der Waals surface area contributed by atoms with Crippen molar-refractivity contribution in [2.75, 3.05) is 16.8 Å². The standard InChI is InChI=1S/C18H16BrN3O2/c1-12-7-8-16(15(19)9-12)21-18(24)11-22(13(2)23)17-6-4-3-5-14(17)10-20/h3-9H,11H2,1-2H3,(H,21,24). The minimum atomic E-state index is -0.345. The molecular formula is C18H16BrN3O2. The maximum atomic E-state index is 12.3. The third-order valence-electron chi connectivity index (χ3n) is 3.40. The van der Waals surface area contributed by atoms with Gasteiger partial charge in [-0.05, 0) is 52.7 Å². The van der Waals surface area contributed by atoms with E-state index in [1.165, 1.54) is 11.8 Å². The van der Waals surface area contributed by atoms with E-state index in [4.69, 9.17) is 0 Å². The van der Waals surface area contributed by atoms with E-state index in [0.717, 1.165) is 10.0 Å². The summed E-state index contributed by atoms with van der Waals surface area (Å²) in [5.74, 6) is -0.654. The SMILES string of the molecule is CC(=O)N(CC(=O)Nc1ccc(C)cc1Br)c1ccccc1C#N. The zero-order valence-electron chi connectivity index (χ0n) is 13.3. The van der Waals surface area contributed by atoms with Crippen molar-refractivity contribution < 1.29 is 9.59 Å². The van der Waals surface area contributed by atoms with E-state index in [0.29, 0.717) is 16.9 Å². The minimum absolute atomic E-state index is 0.172. The smallest absolute Gasteiger partial charge is 0.244 e. The van der Waals surface area contributed by atoms with Gasteiger partial charge in [0.1, 0.15) is 12.6 Å². The predicted molar refractivity (Wildman–Crippen MR) is 96.7 cm³/mol. The van der Waals surface area contributed by atoms with Gasteiger partial charge in [0, 0.05) is 11.4 Å². The van der Waals surface area contributed by atoms with Gasteiger partial charge in [-0.1, -0.05) is 18.2 Å². The molecule has 5 nitrogen and oxygen atoms in total. The van der Waals surface area contributed by atoms with Crippen LogP contribution in [0, 0.1) is 18.3 Å². The van der Waals surface area contributed by atoms with Crippen LogP contribution < -0.4 is 10.2 Å². The molecule has 2 aromatic carbocycles. The molecule has 0 heterocycles. The summed E-state index contributed by atoms with van der Waals surface area (Å²) < 4.78 is 0.766. The van der Waals surface area contributed by atoms with Crippen molar-refractivity contribution in [3.8, 4) is 6.07 Å². The molecule has 0 saturated carbocycles. The number of carbonyl (C=O) groups excluding carboxylic acids is 2. The van der Waals surface area contributed by atoms with Gasteiger partial charge in [-0.2, -0.15) is 5.26 Å². The Morgan fingerprint density at radius 1 is 1.25 bits per heavy atom. The van der Waals surface area contributed by atoms with Crippen LogP contribution in [-0.2, 0) is 9.59 Å². The summed E-state index contributed by atoms with van der Waals surface area (Å²) >= 11 is 3.40. The minimum Gasteiger partial charge on any atom is -0.324 e. The van der Waals surface area contributed by atoms with Crippen LogP contribution in [0.1, 0.15) is 18.1 Å². The monoisotopic (exact) mass is 385 g/mol. The Morgan fingerprint density at radius 3 is 2.58 bits per heavy atom. The van der Waals surface area contributed by atoms with Gasteiger partial charge in [0.15, 0.2) is 0 Å². The summed E-state index contributed by atoms with van der Waals surface area (Å²) in [5, 5.41) is 12.0. The Hall–Kier alpha value is -2.65. The summed E-state index contributed by atoms with van der Waals surface area (Å²) in [5.41, 5.74) is 2.46. The molecule has 6 heteroatoms. The first-order valence-corrected chi connectivity index (χ1v) is 8.05. The van der Waals surface area contributed by atoms with Crippen molar-refractivity contribution >= 4 is 39.1 Å². The lowest BCUT2D eigenvalue weighted by molar-refractivity contribution is -0.120. The third-order valence-corrected chi connectivity index (χ3v) is 4.05. The highest BCUT2D eigenvalue weighted by Gasteiger charge is 2.19. The normalized spacial score (nSPS) is 9.92. The Balaban J connectivity index is 2.20. The van der Waals surface area contributed by atoms with Crippen molar-refractivity contribution in [3.63, 3.8) is 0 Å². The Morgan fingerprint density at radius 2 is 1.96 bits per heavy atom. The van der Waals surface area contributed by atoms with E-state index in [1.54, 1.807) is 30.3 Å². The number of benzene rings is 2. The molecule has 0 aliphatic rings. The molecule has 0 spiro atoms. The summed E-state index contributed by atoms with van der Waals surface area (Å²) in [6.07, 6.45) is 0. The molecule has 0 aliphatic carbocycles. The molecule has 0 saturated heterocycles. The number of aryl methyl sites for hydroxylation is 1. The summed E-state index contributed by atoms with van der Waals surface area (Å²) in [4.78, 5) is 25.6. The van der Waals surface area contributed by atoms with Crippen LogP contribution in [0.5, 0.6) is 0 Å². The van der Waals surface area contributed by atoms with Crippen LogP contribution in [0.25, 0.3) is 0 Å². The van der Waals surface area contributed by atoms with Crippen LogP contribution in [0.3, 0.4) is 0 Å². The van der Waals surface area contributed by atoms with E-state index >= 15 is 0 Å². The number of carbonyl (C=O) groups is 2. The predicted octanol–water partition coefficient (Wildman–Crippen LogP) is 3.62. The lowest BCUT2D eigenvalue weighted by Gasteiger charge is -2.21. The molecule has 2 rings (SSSR count). The first-order chi connectivity index (χ1) is 11.4. The highest BCUT2D eigenvalue weighted by atomic mass is 79.9. The lowest BCUT2D eigenvalue weighted by Crippen LogP contribution is -2.37. The Kier molecular flexibility index (Phi) is 5.72. The largest absolute Gasteiger partial charge is 0.324 e. The maximum absolute atomic E-state index is 12.3. The second-order valence-corrected chi connectivity index (χ2v) is 6.12. The average molecular weight is 386 g/mol. The molecule has 0 bridgehead atoms. The van der Waals surface area contributed by atoms with Crippen LogP contribution in [-0.4, -0.2) is 18.4 Å². The summed E-state index contributed by atoms with van der Waals surface area (Å²) in [7, 11) is 0. The number of amides is 2. The average Bonchev–Trinajstić information content (AvgIpc) is 2.55. The number of nitrogens with one attached hydrogen (secondary N) is 1. The van der Waals surface area contributed by atoms with Crippen molar-refractivity contribution in [1.29, 1.82) is 5.26 Å². The van der Waals surface area contributed by atoms with Crippen LogP contribution >= 0.6 is 15.9 Å². The van der Waals surface area contributed by atoms with Gasteiger partial charge < -0.3 is 10.2 Å². The highest BCUT2D eigenvalue weighted by Crippen LogP contribution is 2.24. The van der Waals surface area contributed by atoms with E-state index in [9.17, 15) is 14.9 Å². The Bertz CT molecular complexity index is 827. The molecule has 24 heavy (non-hydrogen) atoms. The van der Waals surface area contributed by atoms with Crippen LogP contribution in [0.15, 0.2) is 46.9 Å². The molecule has 0 radical (unpaired) electrons. The second kappa shape index (κ2) is 7.75. The van der Waals surface area contributed by atoms with Gasteiger partial charge in [-0.15, -0.1) is 0 Å². The van der Waals surface area contributed by atoms with Gasteiger partial charge in [-0.25, -0.2) is 0 Å². The van der Waals surface area contributed by atoms with Crippen molar-refractivity contribution in [2.24, 2.45) is 0 Å². The van der Waals surface area contributed by atoms with E-state index in [2.05, 4.69) is 21.2 Å². The maximum Gasteiger partial charge on any atom is 0.244 e. The topological polar surface area (TPSA) is 73.2 Å². The molecular weight excluding hydrogens is 370 g/mol. The van der Waals surface area contributed by atoms with Crippen LogP contribution in [0.2, 0.25) is 0 Å². The number of hydrogen-bond donors (Lipinski definition) is 1. The molecule has 1 N–H and O–H groups in total. The molecule has 0 unspecified atom stereocenters. The number of halogens is 1. The fourth-order valence-electron chi connectivity index (χ4n) is 2.22. The highest BCUT2D eigenvalue weighted by molar-refractivity contribution is 9.10. The number of anilines is 2. The van der Waals surface area contributed by atoms with Gasteiger partial charge >= 0.3 is 0 Å². The molecule has 2 aromatic rings. The van der Waals surface area contributed by atoms with Gasteiger partial charge in [0.2, 0.25) is 11.8 Å². The first-order valence-electron chi connectivity index (χ1n) is 7.25. The van der Waals surface area contributed by atoms with E-state index in [1.807, 2.05) is 25.1 Å². The third kappa shape index (κ3) is 4.21. The quantitative estimate of drug-likeness (QED) is 0.872. The van der Waals surface area contributed by atoms with E-state index < -0.39 is 0 Å². The van der Waals surface area contributed by atoms with E-state index in [-0.39, 0.29) is 18.4 Å². The van der Waals surface area contributed by atoms with Crippen molar-refractivity contribution in [1.82, 2.24) is 0 Å². The molecule has 122 valence electrons. The van der Waals surface area contributed by atoms with Crippen LogP contribution in [0.4, 0.5) is 11.4 Å². The molecule has 2 amide bonds. The van der Waals surface area contributed by atoms with Gasteiger partial charge in [0.25, 0.3) is 0 Å². The zero-order valence-corrected chi connectivity index (χ0v) is 14.9. The summed E-state index contributed by atoms with van der Waals surface area (Å²) in [6.45, 7) is 3.14. The lowest BCUT2D eigenvalue weighted by atomic mass is 10.1. The number of hydrogen-bond acceptors (Lipinski definition) is 3. The second-order valence-electron chi connectivity index (χ2n) is 5.27. The first kappa shape index (κ1) is 17.7. The number of nitriles is 1. The Labute approximate surface area is 149 Å². The fourth-order valence-corrected chi connectivity index (χ4v) is 2.82. The van der Waals surface area contributed by atoms with Crippen molar-refractivity contribution in [2.45, 2.75) is 13.8 Å². The van der Waals surface area contributed by atoms with Crippen molar-refractivity contribution in [3.05, 3.63) is 58.1 Å². The molecule has 0 fully saturated rings. The zero-order chi connectivity index (χ0) is 17.7. The number of para-hydroxylation sites is 1. The van der Waals surface area contributed by atoms with Gasteiger partial charge in [-0.3, -0.25) is 9.59 Å². The molecule has 0 aromatic heterocycles. The molecule has 0 atom stereocenters.